The van der Waals surface area contributed by atoms with Crippen molar-refractivity contribution < 1.29 is 17.6 Å². The summed E-state index contributed by atoms with van der Waals surface area (Å²) in [6.45, 7) is 0. The van der Waals surface area contributed by atoms with Crippen LogP contribution in [0, 0.1) is 5.82 Å². The predicted octanol–water partition coefficient (Wildman–Crippen LogP) is 2.33. The minimum absolute atomic E-state index is 0.143. The van der Waals surface area contributed by atoms with Gasteiger partial charge >= 0.3 is 6.18 Å². The fourth-order valence-electron chi connectivity index (χ4n) is 2.02. The lowest BCUT2D eigenvalue weighted by Crippen LogP contribution is -2.31. The second-order valence-electron chi connectivity index (χ2n) is 4.61. The third kappa shape index (κ3) is 3.40. The molecule has 21 heavy (non-hydrogen) atoms. The molecule has 0 saturated heterocycles. The van der Waals surface area contributed by atoms with Crippen LogP contribution < -0.4 is 11.3 Å². The number of hydrazine groups is 1. The number of halogens is 4. The molecule has 114 valence electrons. The number of alkyl halides is 3. The summed E-state index contributed by atoms with van der Waals surface area (Å²) >= 11 is 0. The van der Waals surface area contributed by atoms with Crippen molar-refractivity contribution >= 4 is 0 Å². The molecule has 1 aromatic carbocycles. The van der Waals surface area contributed by atoms with Crippen LogP contribution in [0.2, 0.25) is 0 Å². The highest BCUT2D eigenvalue weighted by Gasteiger charge is 2.32. The number of aromatic nitrogens is 2. The van der Waals surface area contributed by atoms with Gasteiger partial charge in [-0.05, 0) is 18.2 Å². The number of hydrogen-bond donors (Lipinski definition) is 2. The molecule has 1 unspecified atom stereocenters. The van der Waals surface area contributed by atoms with Gasteiger partial charge in [0, 0.05) is 31.4 Å². The van der Waals surface area contributed by atoms with Crippen molar-refractivity contribution in [1.29, 1.82) is 0 Å². The first kappa shape index (κ1) is 15.5. The Morgan fingerprint density at radius 3 is 2.62 bits per heavy atom. The van der Waals surface area contributed by atoms with Crippen LogP contribution in [0.4, 0.5) is 17.6 Å². The summed E-state index contributed by atoms with van der Waals surface area (Å²) < 4.78 is 53.7. The van der Waals surface area contributed by atoms with E-state index in [0.717, 1.165) is 12.1 Å². The average molecular weight is 302 g/mol. The van der Waals surface area contributed by atoms with Gasteiger partial charge in [0.2, 0.25) is 0 Å². The molecule has 0 spiro atoms. The van der Waals surface area contributed by atoms with Crippen LogP contribution in [-0.2, 0) is 19.6 Å². The van der Waals surface area contributed by atoms with E-state index in [9.17, 15) is 17.6 Å². The van der Waals surface area contributed by atoms with Crippen molar-refractivity contribution in [2.24, 2.45) is 12.9 Å². The average Bonchev–Trinajstić information content (AvgIpc) is 2.81. The Labute approximate surface area is 118 Å². The van der Waals surface area contributed by atoms with E-state index in [1.165, 1.54) is 0 Å². The van der Waals surface area contributed by atoms with Crippen molar-refractivity contribution in [2.45, 2.75) is 18.6 Å². The number of benzene rings is 1. The molecule has 0 saturated carbocycles. The van der Waals surface area contributed by atoms with Gasteiger partial charge in [0.25, 0.3) is 0 Å². The van der Waals surface area contributed by atoms with Crippen LogP contribution in [0.25, 0.3) is 0 Å². The summed E-state index contributed by atoms with van der Waals surface area (Å²) in [6, 6.07) is 1.45. The van der Waals surface area contributed by atoms with Crippen LogP contribution in [0.5, 0.6) is 0 Å². The first-order valence-corrected chi connectivity index (χ1v) is 6.12. The van der Waals surface area contributed by atoms with Crippen LogP contribution >= 0.6 is 0 Å². The monoisotopic (exact) mass is 302 g/mol. The minimum Gasteiger partial charge on any atom is -0.338 e. The molecule has 0 bridgehead atoms. The lowest BCUT2D eigenvalue weighted by atomic mass is 10.0. The number of nitrogens with zero attached hydrogens (tertiary/aromatic N) is 2. The van der Waals surface area contributed by atoms with Gasteiger partial charge in [-0.3, -0.25) is 11.3 Å². The van der Waals surface area contributed by atoms with Crippen molar-refractivity contribution in [3.8, 4) is 0 Å². The molecule has 0 amide bonds. The Morgan fingerprint density at radius 2 is 2.10 bits per heavy atom. The quantitative estimate of drug-likeness (QED) is 0.518. The number of hydrogen-bond acceptors (Lipinski definition) is 3. The Kier molecular flexibility index (Phi) is 4.29. The molecule has 2 aromatic rings. The van der Waals surface area contributed by atoms with Crippen LogP contribution in [0.3, 0.4) is 0 Å². The molecule has 3 N–H and O–H groups in total. The summed E-state index contributed by atoms with van der Waals surface area (Å²) in [7, 11) is 1.73. The molecular weight excluding hydrogens is 288 g/mol. The van der Waals surface area contributed by atoms with E-state index >= 15 is 0 Å². The first-order valence-electron chi connectivity index (χ1n) is 6.12. The van der Waals surface area contributed by atoms with E-state index < -0.39 is 23.6 Å². The third-order valence-electron chi connectivity index (χ3n) is 3.21. The highest BCUT2D eigenvalue weighted by atomic mass is 19.4. The molecule has 2 rings (SSSR count). The van der Waals surface area contributed by atoms with E-state index in [0.29, 0.717) is 11.9 Å². The van der Waals surface area contributed by atoms with Crippen molar-refractivity contribution in [2.75, 3.05) is 0 Å². The van der Waals surface area contributed by atoms with Gasteiger partial charge in [0.15, 0.2) is 0 Å². The molecule has 0 aliphatic heterocycles. The summed E-state index contributed by atoms with van der Waals surface area (Å²) in [5, 5.41) is 0. The van der Waals surface area contributed by atoms with Crippen molar-refractivity contribution in [1.82, 2.24) is 15.0 Å². The van der Waals surface area contributed by atoms with Crippen LogP contribution in [-0.4, -0.2) is 9.55 Å². The molecular formula is C13H14F4N4. The van der Waals surface area contributed by atoms with E-state index in [1.54, 1.807) is 24.0 Å². The fraction of sp³-hybridized carbons (Fsp3) is 0.308. The van der Waals surface area contributed by atoms with Gasteiger partial charge in [-0.2, -0.15) is 13.2 Å². The Hall–Kier alpha value is -1.93. The van der Waals surface area contributed by atoms with Gasteiger partial charge in [0.05, 0.1) is 11.6 Å². The lowest BCUT2D eigenvalue weighted by Gasteiger charge is -2.18. The largest absolute Gasteiger partial charge is 0.416 e. The van der Waals surface area contributed by atoms with Gasteiger partial charge in [-0.25, -0.2) is 9.37 Å². The number of aryl methyl sites for hydroxylation is 1. The van der Waals surface area contributed by atoms with Crippen molar-refractivity contribution in [3.05, 3.63) is 53.4 Å². The molecule has 1 heterocycles. The van der Waals surface area contributed by atoms with E-state index in [4.69, 9.17) is 5.84 Å². The molecule has 1 atom stereocenters. The number of rotatable bonds is 4. The fourth-order valence-corrected chi connectivity index (χ4v) is 2.02. The predicted molar refractivity (Wildman–Crippen MR) is 68.4 cm³/mol. The summed E-state index contributed by atoms with van der Waals surface area (Å²) in [4.78, 5) is 4.05. The second kappa shape index (κ2) is 5.82. The van der Waals surface area contributed by atoms with Crippen LogP contribution in [0.15, 0.2) is 30.6 Å². The molecule has 0 aliphatic rings. The maximum atomic E-state index is 13.8. The third-order valence-corrected chi connectivity index (χ3v) is 3.21. The number of nitrogens with two attached hydrogens (primary N) is 1. The Bertz CT molecular complexity index is 621. The van der Waals surface area contributed by atoms with Gasteiger partial charge in [-0.1, -0.05) is 0 Å². The van der Waals surface area contributed by atoms with Gasteiger partial charge in [-0.15, -0.1) is 0 Å². The number of nitrogens with one attached hydrogen (secondary N) is 1. The molecule has 0 aliphatic carbocycles. The maximum absolute atomic E-state index is 13.8. The molecule has 4 nitrogen and oxygen atoms in total. The van der Waals surface area contributed by atoms with Crippen LogP contribution in [0.1, 0.15) is 23.0 Å². The first-order chi connectivity index (χ1) is 9.82. The zero-order chi connectivity index (χ0) is 15.6. The second-order valence-corrected chi connectivity index (χ2v) is 4.61. The summed E-state index contributed by atoms with van der Waals surface area (Å²) in [6.07, 6.45) is -1.14. The SMILES string of the molecule is Cn1ccnc1CC(NN)c1cc(C(F)(F)F)ccc1F. The van der Waals surface area contributed by atoms with E-state index in [2.05, 4.69) is 10.4 Å². The van der Waals surface area contributed by atoms with E-state index in [1.807, 2.05) is 0 Å². The summed E-state index contributed by atoms with van der Waals surface area (Å²) in [5.74, 6) is 5.19. The highest BCUT2D eigenvalue weighted by Crippen LogP contribution is 2.32. The Balaban J connectivity index is 2.35. The normalized spacial score (nSPS) is 13.4. The molecule has 0 radical (unpaired) electrons. The zero-order valence-corrected chi connectivity index (χ0v) is 11.2. The van der Waals surface area contributed by atoms with Gasteiger partial charge in [0.1, 0.15) is 11.6 Å². The van der Waals surface area contributed by atoms with Gasteiger partial charge < -0.3 is 4.57 Å². The van der Waals surface area contributed by atoms with E-state index in [-0.39, 0.29) is 12.0 Å². The molecule has 8 heteroatoms. The zero-order valence-electron chi connectivity index (χ0n) is 11.2. The topological polar surface area (TPSA) is 55.9 Å². The standard InChI is InChI=1S/C13H14F4N4/c1-21-5-4-19-12(21)7-11(20-18)9-6-8(13(15,16)17)2-3-10(9)14/h2-6,11,20H,7,18H2,1H3. The molecule has 1 aromatic heterocycles. The summed E-state index contributed by atoms with van der Waals surface area (Å²) in [5.41, 5.74) is 1.28. The van der Waals surface area contributed by atoms with Crippen molar-refractivity contribution in [3.63, 3.8) is 0 Å². The maximum Gasteiger partial charge on any atom is 0.416 e. The lowest BCUT2D eigenvalue weighted by molar-refractivity contribution is -0.137. The smallest absolute Gasteiger partial charge is 0.338 e. The number of imidazole rings is 1. The highest BCUT2D eigenvalue weighted by molar-refractivity contribution is 5.30. The minimum atomic E-state index is -4.54. The molecule has 0 fully saturated rings. The Morgan fingerprint density at radius 1 is 1.38 bits per heavy atom.